The Morgan fingerprint density at radius 2 is 1.54 bits per heavy atom. The van der Waals surface area contributed by atoms with Crippen LogP contribution in [-0.4, -0.2) is 27.5 Å². The van der Waals surface area contributed by atoms with Gasteiger partial charge in [-0.2, -0.15) is 0 Å². The lowest BCUT2D eigenvalue weighted by molar-refractivity contribution is -0.131. The van der Waals surface area contributed by atoms with Gasteiger partial charge in [0.1, 0.15) is 5.54 Å². The Kier molecular flexibility index (Phi) is 4.69. The van der Waals surface area contributed by atoms with E-state index in [2.05, 4.69) is 10.5 Å². The number of amides is 3. The molecule has 6 nitrogen and oxygen atoms in total. The largest absolute Gasteiger partial charge is 0.359 e. The fourth-order valence-electron chi connectivity index (χ4n) is 3.66. The van der Waals surface area contributed by atoms with Crippen LogP contribution in [0.4, 0.5) is 4.79 Å². The van der Waals surface area contributed by atoms with E-state index in [1.807, 2.05) is 60.7 Å². The number of hydrogen-bond donors (Lipinski definition) is 1. The van der Waals surface area contributed by atoms with Crippen molar-refractivity contribution >= 4 is 11.9 Å². The summed E-state index contributed by atoms with van der Waals surface area (Å²) < 4.78 is 5.20. The van der Waals surface area contributed by atoms with Crippen molar-refractivity contribution < 1.29 is 14.1 Å². The molecule has 1 fully saturated rings. The zero-order chi connectivity index (χ0) is 19.6. The average Bonchev–Trinajstić information content (AvgIpc) is 3.20. The highest BCUT2D eigenvalue weighted by Gasteiger charge is 2.51. The summed E-state index contributed by atoms with van der Waals surface area (Å²) >= 11 is 0. The van der Waals surface area contributed by atoms with E-state index in [4.69, 9.17) is 4.52 Å². The quantitative estimate of drug-likeness (QED) is 0.671. The second kappa shape index (κ2) is 7.31. The Morgan fingerprint density at radius 3 is 2.04 bits per heavy atom. The van der Waals surface area contributed by atoms with Crippen molar-refractivity contribution in [3.05, 3.63) is 89.3 Å². The van der Waals surface area contributed by atoms with Gasteiger partial charge in [-0.1, -0.05) is 65.8 Å². The molecular formula is C22H21N3O3. The molecule has 3 amide bonds. The van der Waals surface area contributed by atoms with E-state index in [0.29, 0.717) is 24.3 Å². The van der Waals surface area contributed by atoms with Gasteiger partial charge in [-0.05, 0) is 18.1 Å². The van der Waals surface area contributed by atoms with E-state index >= 15 is 0 Å². The van der Waals surface area contributed by atoms with Crippen LogP contribution in [0, 0.1) is 6.92 Å². The predicted octanol–water partition coefficient (Wildman–Crippen LogP) is 3.26. The number of nitrogens with one attached hydrogen (secondary N) is 1. The standard InChI is InChI=1S/C22H21N3O3/c1-16-12-19(28-24-16)15-25-20(26)22(23-21(25)27,13-17-8-4-2-5-9-17)14-18-10-6-3-7-11-18/h2-12H,13-15H2,1H3,(H,23,27). The number of carbonyl (C=O) groups excluding carboxylic acids is 2. The molecule has 0 aliphatic carbocycles. The third kappa shape index (κ3) is 3.53. The van der Waals surface area contributed by atoms with E-state index in [9.17, 15) is 9.59 Å². The molecule has 0 unspecified atom stereocenters. The number of benzene rings is 2. The van der Waals surface area contributed by atoms with Crippen LogP contribution in [0.5, 0.6) is 0 Å². The average molecular weight is 375 g/mol. The highest BCUT2D eigenvalue weighted by molar-refractivity contribution is 6.07. The predicted molar refractivity (Wildman–Crippen MR) is 103 cm³/mol. The first kappa shape index (κ1) is 18.0. The number of imide groups is 1. The Labute approximate surface area is 163 Å². The Bertz CT molecular complexity index is 941. The number of hydrogen-bond acceptors (Lipinski definition) is 4. The fourth-order valence-corrected chi connectivity index (χ4v) is 3.66. The first-order valence-electron chi connectivity index (χ1n) is 9.20. The van der Waals surface area contributed by atoms with Crippen LogP contribution in [0.25, 0.3) is 0 Å². The summed E-state index contributed by atoms with van der Waals surface area (Å²) in [5.41, 5.74) is 1.66. The van der Waals surface area contributed by atoms with Crippen molar-refractivity contribution in [1.29, 1.82) is 0 Å². The van der Waals surface area contributed by atoms with Crippen LogP contribution in [-0.2, 0) is 24.2 Å². The fraction of sp³-hybridized carbons (Fsp3) is 0.227. The summed E-state index contributed by atoms with van der Waals surface area (Å²) in [6.07, 6.45) is 0.832. The van der Waals surface area contributed by atoms with Crippen LogP contribution >= 0.6 is 0 Å². The van der Waals surface area contributed by atoms with Gasteiger partial charge in [-0.3, -0.25) is 9.69 Å². The van der Waals surface area contributed by atoms with Gasteiger partial charge >= 0.3 is 6.03 Å². The molecule has 28 heavy (non-hydrogen) atoms. The molecule has 1 saturated heterocycles. The molecule has 4 rings (SSSR count). The van der Waals surface area contributed by atoms with E-state index in [1.54, 1.807) is 13.0 Å². The van der Waals surface area contributed by atoms with Gasteiger partial charge in [-0.25, -0.2) is 4.79 Å². The summed E-state index contributed by atoms with van der Waals surface area (Å²) in [4.78, 5) is 27.4. The minimum Gasteiger partial charge on any atom is -0.359 e. The lowest BCUT2D eigenvalue weighted by Gasteiger charge is -2.27. The first-order chi connectivity index (χ1) is 13.6. The number of carbonyl (C=O) groups is 2. The van der Waals surface area contributed by atoms with E-state index < -0.39 is 11.6 Å². The number of aromatic nitrogens is 1. The molecule has 1 aliphatic rings. The van der Waals surface area contributed by atoms with Crippen molar-refractivity contribution in [2.24, 2.45) is 0 Å². The molecule has 2 aromatic carbocycles. The third-order valence-corrected chi connectivity index (χ3v) is 4.93. The Hall–Kier alpha value is -3.41. The van der Waals surface area contributed by atoms with E-state index in [0.717, 1.165) is 11.1 Å². The second-order valence-corrected chi connectivity index (χ2v) is 7.16. The summed E-state index contributed by atoms with van der Waals surface area (Å²) in [7, 11) is 0. The minimum absolute atomic E-state index is 0.0663. The Balaban J connectivity index is 1.66. The van der Waals surface area contributed by atoms with Gasteiger partial charge in [0.15, 0.2) is 5.76 Å². The molecular weight excluding hydrogens is 354 g/mol. The summed E-state index contributed by atoms with van der Waals surface area (Å²) in [6, 6.07) is 20.8. The van der Waals surface area contributed by atoms with Crippen molar-refractivity contribution in [3.63, 3.8) is 0 Å². The van der Waals surface area contributed by atoms with Gasteiger partial charge in [0, 0.05) is 18.9 Å². The van der Waals surface area contributed by atoms with Gasteiger partial charge in [0.05, 0.1) is 12.2 Å². The summed E-state index contributed by atoms with van der Waals surface area (Å²) in [6.45, 7) is 1.87. The highest BCUT2D eigenvalue weighted by Crippen LogP contribution is 2.28. The van der Waals surface area contributed by atoms with E-state index in [-0.39, 0.29) is 12.5 Å². The maximum Gasteiger partial charge on any atom is 0.325 e. The maximum absolute atomic E-state index is 13.4. The molecule has 0 spiro atoms. The Morgan fingerprint density at radius 1 is 0.964 bits per heavy atom. The minimum atomic E-state index is -1.03. The number of nitrogens with zero attached hydrogens (tertiary/aromatic N) is 2. The lowest BCUT2D eigenvalue weighted by Crippen LogP contribution is -2.51. The summed E-state index contributed by atoms with van der Waals surface area (Å²) in [5.74, 6) is 0.232. The van der Waals surface area contributed by atoms with Gasteiger partial charge in [-0.15, -0.1) is 0 Å². The van der Waals surface area contributed by atoms with Crippen LogP contribution < -0.4 is 5.32 Å². The molecule has 0 saturated carbocycles. The highest BCUT2D eigenvalue weighted by atomic mass is 16.5. The molecule has 0 bridgehead atoms. The van der Waals surface area contributed by atoms with Crippen molar-refractivity contribution in [1.82, 2.24) is 15.4 Å². The summed E-state index contributed by atoms with van der Waals surface area (Å²) in [5, 5.41) is 6.80. The molecule has 1 aromatic heterocycles. The van der Waals surface area contributed by atoms with Crippen LogP contribution in [0.2, 0.25) is 0 Å². The molecule has 142 valence electrons. The molecule has 1 N–H and O–H groups in total. The zero-order valence-electron chi connectivity index (χ0n) is 15.6. The molecule has 0 radical (unpaired) electrons. The van der Waals surface area contributed by atoms with Crippen LogP contribution in [0.15, 0.2) is 71.3 Å². The maximum atomic E-state index is 13.4. The monoisotopic (exact) mass is 375 g/mol. The smallest absolute Gasteiger partial charge is 0.325 e. The normalized spacial score (nSPS) is 15.7. The van der Waals surface area contributed by atoms with Crippen LogP contribution in [0.1, 0.15) is 22.6 Å². The van der Waals surface area contributed by atoms with Crippen molar-refractivity contribution in [3.8, 4) is 0 Å². The number of rotatable bonds is 6. The lowest BCUT2D eigenvalue weighted by atomic mass is 9.84. The van der Waals surface area contributed by atoms with Crippen molar-refractivity contribution in [2.45, 2.75) is 31.8 Å². The molecule has 2 heterocycles. The molecule has 1 aliphatic heterocycles. The SMILES string of the molecule is Cc1cc(CN2C(=O)NC(Cc3ccccc3)(Cc3ccccc3)C2=O)on1. The van der Waals surface area contributed by atoms with Crippen LogP contribution in [0.3, 0.4) is 0 Å². The topological polar surface area (TPSA) is 75.4 Å². The zero-order valence-corrected chi connectivity index (χ0v) is 15.6. The van der Waals surface area contributed by atoms with Gasteiger partial charge in [0.25, 0.3) is 5.91 Å². The van der Waals surface area contributed by atoms with Crippen molar-refractivity contribution in [2.75, 3.05) is 0 Å². The third-order valence-electron chi connectivity index (χ3n) is 4.93. The van der Waals surface area contributed by atoms with Gasteiger partial charge < -0.3 is 9.84 Å². The van der Waals surface area contributed by atoms with Gasteiger partial charge in [0.2, 0.25) is 0 Å². The second-order valence-electron chi connectivity index (χ2n) is 7.16. The molecule has 6 heteroatoms. The molecule has 3 aromatic rings. The first-order valence-corrected chi connectivity index (χ1v) is 9.20. The molecule has 0 atom stereocenters. The number of urea groups is 1. The number of aryl methyl sites for hydroxylation is 1. The van der Waals surface area contributed by atoms with E-state index in [1.165, 1.54) is 4.90 Å².